The molecule has 32 heavy (non-hydrogen) atoms. The first kappa shape index (κ1) is 22.0. The van der Waals surface area contributed by atoms with Crippen molar-refractivity contribution in [2.24, 2.45) is 7.05 Å². The molecule has 0 amide bonds. The number of rotatable bonds is 9. The first-order valence-corrected chi connectivity index (χ1v) is 10.6. The first-order valence-electron chi connectivity index (χ1n) is 10.6. The van der Waals surface area contributed by atoms with E-state index in [1.165, 1.54) is 12.1 Å². The van der Waals surface area contributed by atoms with Crippen molar-refractivity contribution in [2.45, 2.75) is 26.5 Å². The first-order chi connectivity index (χ1) is 15.5. The number of aryl methyl sites for hydroxylation is 1. The van der Waals surface area contributed by atoms with Crippen molar-refractivity contribution in [2.75, 3.05) is 20.8 Å². The molecule has 0 aliphatic heterocycles. The second kappa shape index (κ2) is 9.50. The molecule has 0 aliphatic rings. The Morgan fingerprint density at radius 3 is 2.81 bits per heavy atom. The number of imidazole rings is 1. The number of ether oxygens (including phenoxy) is 2. The van der Waals surface area contributed by atoms with Gasteiger partial charge in [-0.25, -0.2) is 9.37 Å². The van der Waals surface area contributed by atoms with E-state index in [-0.39, 0.29) is 5.82 Å². The molecule has 168 valence electrons. The summed E-state index contributed by atoms with van der Waals surface area (Å²) in [5.41, 5.74) is 6.75. The zero-order chi connectivity index (χ0) is 22.7. The SMILES string of the molecule is CNCc1cnc2ccc(-c3ccc(F)cc3OCCc3c(COC)nn(C)c3C)cn12. The summed E-state index contributed by atoms with van der Waals surface area (Å²) in [6.07, 6.45) is 4.52. The summed E-state index contributed by atoms with van der Waals surface area (Å²) in [6.45, 7) is 3.57. The Morgan fingerprint density at radius 1 is 1.19 bits per heavy atom. The van der Waals surface area contributed by atoms with Gasteiger partial charge in [0.05, 0.1) is 30.8 Å². The second-order valence-electron chi connectivity index (χ2n) is 7.73. The van der Waals surface area contributed by atoms with E-state index in [1.807, 2.05) is 54.6 Å². The normalized spacial score (nSPS) is 11.4. The average Bonchev–Trinajstić information content (AvgIpc) is 3.30. The summed E-state index contributed by atoms with van der Waals surface area (Å²) in [7, 11) is 5.47. The highest BCUT2D eigenvalue weighted by Gasteiger charge is 2.15. The van der Waals surface area contributed by atoms with Crippen LogP contribution in [0.15, 0.2) is 42.7 Å². The Kier molecular flexibility index (Phi) is 6.53. The Hall–Kier alpha value is -3.23. The lowest BCUT2D eigenvalue weighted by atomic mass is 10.1. The molecule has 0 saturated carbocycles. The van der Waals surface area contributed by atoms with Gasteiger partial charge in [0.25, 0.3) is 0 Å². The molecule has 7 nitrogen and oxygen atoms in total. The second-order valence-corrected chi connectivity index (χ2v) is 7.73. The van der Waals surface area contributed by atoms with Gasteiger partial charge in [0.2, 0.25) is 0 Å². The van der Waals surface area contributed by atoms with Crippen LogP contribution in [0.25, 0.3) is 16.8 Å². The number of nitrogens with zero attached hydrogens (tertiary/aromatic N) is 4. The Balaban J connectivity index is 1.60. The number of methoxy groups -OCH3 is 1. The van der Waals surface area contributed by atoms with E-state index in [0.717, 1.165) is 39.4 Å². The minimum absolute atomic E-state index is 0.332. The number of nitrogens with one attached hydrogen (secondary N) is 1. The summed E-state index contributed by atoms with van der Waals surface area (Å²) < 4.78 is 29.3. The Labute approximate surface area is 186 Å². The van der Waals surface area contributed by atoms with Crippen molar-refractivity contribution in [3.8, 4) is 16.9 Å². The largest absolute Gasteiger partial charge is 0.492 e. The molecule has 0 saturated heterocycles. The molecule has 3 heterocycles. The van der Waals surface area contributed by atoms with Gasteiger partial charge in [0.1, 0.15) is 17.2 Å². The van der Waals surface area contributed by atoms with Crippen LogP contribution in [0, 0.1) is 12.7 Å². The standard InChI is InChI=1S/C24H28FN5O2/c1-16-20(22(15-31-4)28-29(16)3)9-10-32-23-11-18(25)6-7-21(23)17-5-8-24-27-13-19(12-26-2)30(24)14-17/h5-8,11,13-14,26H,9-10,12,15H2,1-4H3. The molecule has 1 aromatic carbocycles. The molecular weight excluding hydrogens is 409 g/mol. The van der Waals surface area contributed by atoms with Crippen LogP contribution in [0.5, 0.6) is 5.75 Å². The maximum absolute atomic E-state index is 14.1. The third-order valence-corrected chi connectivity index (χ3v) is 5.63. The number of benzene rings is 1. The maximum atomic E-state index is 14.1. The molecule has 0 unspecified atom stereocenters. The quantitative estimate of drug-likeness (QED) is 0.433. The fourth-order valence-corrected chi connectivity index (χ4v) is 3.92. The van der Waals surface area contributed by atoms with E-state index in [0.29, 0.717) is 31.9 Å². The van der Waals surface area contributed by atoms with Crippen molar-refractivity contribution >= 4 is 5.65 Å². The Bertz CT molecular complexity index is 1230. The van der Waals surface area contributed by atoms with Crippen LogP contribution in [-0.2, 0) is 31.4 Å². The van der Waals surface area contributed by atoms with Crippen molar-refractivity contribution in [3.63, 3.8) is 0 Å². The molecule has 0 fully saturated rings. The highest BCUT2D eigenvalue weighted by atomic mass is 19.1. The van der Waals surface area contributed by atoms with E-state index in [1.54, 1.807) is 13.2 Å². The maximum Gasteiger partial charge on any atom is 0.136 e. The van der Waals surface area contributed by atoms with Crippen molar-refractivity contribution in [1.82, 2.24) is 24.5 Å². The van der Waals surface area contributed by atoms with Gasteiger partial charge in [-0.1, -0.05) is 0 Å². The molecule has 8 heteroatoms. The van der Waals surface area contributed by atoms with E-state index >= 15 is 0 Å². The summed E-state index contributed by atoms with van der Waals surface area (Å²) in [6, 6.07) is 8.59. The third-order valence-electron chi connectivity index (χ3n) is 5.63. The van der Waals surface area contributed by atoms with Gasteiger partial charge in [-0.2, -0.15) is 5.10 Å². The number of aromatic nitrogens is 4. The molecular formula is C24H28FN5O2. The van der Waals surface area contributed by atoms with E-state index in [2.05, 4.69) is 15.4 Å². The van der Waals surface area contributed by atoms with Gasteiger partial charge < -0.3 is 19.2 Å². The molecule has 1 N–H and O–H groups in total. The third kappa shape index (κ3) is 4.37. The van der Waals surface area contributed by atoms with Gasteiger partial charge in [-0.05, 0) is 38.2 Å². The highest BCUT2D eigenvalue weighted by molar-refractivity contribution is 5.71. The van der Waals surface area contributed by atoms with Crippen LogP contribution in [0.4, 0.5) is 4.39 Å². The minimum atomic E-state index is -0.332. The molecule has 0 spiro atoms. The molecule has 0 radical (unpaired) electrons. The topological polar surface area (TPSA) is 65.6 Å². The van der Waals surface area contributed by atoms with Crippen LogP contribution in [0.3, 0.4) is 0 Å². The lowest BCUT2D eigenvalue weighted by molar-refractivity contribution is 0.180. The summed E-state index contributed by atoms with van der Waals surface area (Å²) >= 11 is 0. The molecule has 4 aromatic rings. The molecule has 0 bridgehead atoms. The van der Waals surface area contributed by atoms with E-state index in [9.17, 15) is 4.39 Å². The van der Waals surface area contributed by atoms with Crippen molar-refractivity contribution in [3.05, 3.63) is 71.2 Å². The van der Waals surface area contributed by atoms with Crippen LogP contribution in [-0.4, -0.2) is 39.9 Å². The number of hydrogen-bond acceptors (Lipinski definition) is 5. The number of fused-ring (bicyclic) bond motifs is 1. The van der Waals surface area contributed by atoms with E-state index in [4.69, 9.17) is 9.47 Å². The number of pyridine rings is 1. The van der Waals surface area contributed by atoms with Crippen molar-refractivity contribution in [1.29, 1.82) is 0 Å². The Morgan fingerprint density at radius 2 is 2.03 bits per heavy atom. The van der Waals surface area contributed by atoms with Crippen LogP contribution >= 0.6 is 0 Å². The zero-order valence-corrected chi connectivity index (χ0v) is 18.9. The molecule has 0 aliphatic carbocycles. The fraction of sp³-hybridized carbons (Fsp3) is 0.333. The number of hydrogen-bond donors (Lipinski definition) is 1. The van der Waals surface area contributed by atoms with Crippen LogP contribution in [0.1, 0.15) is 22.6 Å². The highest BCUT2D eigenvalue weighted by Crippen LogP contribution is 2.31. The predicted octanol–water partition coefficient (Wildman–Crippen LogP) is 3.67. The van der Waals surface area contributed by atoms with Gasteiger partial charge in [-0.15, -0.1) is 0 Å². The number of halogens is 1. The van der Waals surface area contributed by atoms with Gasteiger partial charge in [0.15, 0.2) is 0 Å². The molecule has 4 rings (SSSR count). The van der Waals surface area contributed by atoms with Crippen molar-refractivity contribution < 1.29 is 13.9 Å². The zero-order valence-electron chi connectivity index (χ0n) is 18.9. The summed E-state index contributed by atoms with van der Waals surface area (Å²) in [5.74, 6) is 0.176. The monoisotopic (exact) mass is 437 g/mol. The van der Waals surface area contributed by atoms with Gasteiger partial charge >= 0.3 is 0 Å². The van der Waals surface area contributed by atoms with Crippen LogP contribution < -0.4 is 10.1 Å². The summed E-state index contributed by atoms with van der Waals surface area (Å²) in [5, 5.41) is 7.67. The lowest BCUT2D eigenvalue weighted by Gasteiger charge is -2.13. The van der Waals surface area contributed by atoms with Crippen LogP contribution in [0.2, 0.25) is 0 Å². The molecule has 3 aromatic heterocycles. The predicted molar refractivity (Wildman–Crippen MR) is 121 cm³/mol. The van der Waals surface area contributed by atoms with Gasteiger partial charge in [-0.3, -0.25) is 4.68 Å². The summed E-state index contributed by atoms with van der Waals surface area (Å²) in [4.78, 5) is 4.44. The lowest BCUT2D eigenvalue weighted by Crippen LogP contribution is -2.07. The molecule has 0 atom stereocenters. The van der Waals surface area contributed by atoms with E-state index < -0.39 is 0 Å². The van der Waals surface area contributed by atoms with Gasteiger partial charge in [0, 0.05) is 61.8 Å². The smallest absolute Gasteiger partial charge is 0.136 e. The average molecular weight is 438 g/mol. The minimum Gasteiger partial charge on any atom is -0.492 e. The fourth-order valence-electron chi connectivity index (χ4n) is 3.92.